The Bertz CT molecular complexity index is 893. The molecule has 9 nitrogen and oxygen atoms in total. The van der Waals surface area contributed by atoms with Crippen molar-refractivity contribution in [3.8, 4) is 0 Å². The zero-order valence-electron chi connectivity index (χ0n) is 17.3. The Morgan fingerprint density at radius 1 is 1.28 bits per heavy atom. The van der Waals surface area contributed by atoms with Crippen LogP contribution in [-0.4, -0.2) is 73.3 Å². The third-order valence-electron chi connectivity index (χ3n) is 6.39. The van der Waals surface area contributed by atoms with Crippen molar-refractivity contribution in [2.24, 2.45) is 13.0 Å². The van der Waals surface area contributed by atoms with Gasteiger partial charge in [0.2, 0.25) is 5.82 Å². The largest absolute Gasteiger partial charge is 0.365 e. The maximum atomic E-state index is 12.7. The maximum absolute atomic E-state index is 12.7. The molecule has 2 fully saturated rings. The molecule has 2 aromatic rings. The highest BCUT2D eigenvalue weighted by atomic mass is 16.5. The molecule has 3 aliphatic rings. The van der Waals surface area contributed by atoms with Crippen molar-refractivity contribution in [3.05, 3.63) is 29.9 Å². The minimum absolute atomic E-state index is 0.109. The number of ether oxygens (including phenoxy) is 1. The Kier molecular flexibility index (Phi) is 4.66. The smallest absolute Gasteiger partial charge is 0.293 e. The van der Waals surface area contributed by atoms with Crippen molar-refractivity contribution in [1.29, 1.82) is 0 Å². The highest BCUT2D eigenvalue weighted by Crippen LogP contribution is 2.39. The van der Waals surface area contributed by atoms with Gasteiger partial charge >= 0.3 is 0 Å². The van der Waals surface area contributed by atoms with E-state index in [2.05, 4.69) is 26.6 Å². The molecule has 0 unspecified atom stereocenters. The lowest BCUT2D eigenvalue weighted by Gasteiger charge is -2.43. The Labute approximate surface area is 170 Å². The van der Waals surface area contributed by atoms with Crippen LogP contribution in [0.15, 0.2) is 12.5 Å². The van der Waals surface area contributed by atoms with Crippen LogP contribution in [0.4, 0.5) is 0 Å². The fourth-order valence-electron chi connectivity index (χ4n) is 4.65. The van der Waals surface area contributed by atoms with E-state index in [1.54, 1.807) is 18.1 Å². The summed E-state index contributed by atoms with van der Waals surface area (Å²) in [6, 6.07) is 0. The van der Waals surface area contributed by atoms with E-state index in [1.165, 1.54) is 25.1 Å². The Morgan fingerprint density at radius 2 is 2.07 bits per heavy atom. The van der Waals surface area contributed by atoms with Crippen molar-refractivity contribution in [3.63, 3.8) is 0 Å². The lowest BCUT2D eigenvalue weighted by atomic mass is 9.89. The van der Waals surface area contributed by atoms with Gasteiger partial charge in [-0.2, -0.15) is 0 Å². The molecular weight excluding hydrogens is 370 g/mol. The number of likely N-dealkylation sites (tertiary alicyclic amines) is 1. The first kappa shape index (κ1) is 18.7. The lowest BCUT2D eigenvalue weighted by molar-refractivity contribution is -0.112. The summed E-state index contributed by atoms with van der Waals surface area (Å²) in [6.07, 6.45) is 7.82. The molecule has 1 saturated carbocycles. The molecule has 5 rings (SSSR count). The molecule has 4 heterocycles. The zero-order valence-corrected chi connectivity index (χ0v) is 17.3. The van der Waals surface area contributed by atoms with E-state index in [4.69, 9.17) is 9.72 Å². The predicted octanol–water partition coefficient (Wildman–Crippen LogP) is 1.02. The van der Waals surface area contributed by atoms with E-state index >= 15 is 0 Å². The second-order valence-corrected chi connectivity index (χ2v) is 8.74. The highest BCUT2D eigenvalue weighted by Gasteiger charge is 2.44. The SMILES string of the molecule is CN(Cc1cnc2n1CCOC21CCN(C(=O)c2ncn(C)n2)CC1)CC1CC1. The van der Waals surface area contributed by atoms with Crippen LogP contribution in [0.25, 0.3) is 0 Å². The van der Waals surface area contributed by atoms with Gasteiger partial charge in [0.1, 0.15) is 17.8 Å². The number of rotatable bonds is 5. The molecule has 0 bridgehead atoms. The number of nitrogens with zero attached hydrogens (tertiary/aromatic N) is 7. The Hall–Kier alpha value is -2.26. The number of amides is 1. The van der Waals surface area contributed by atoms with Gasteiger partial charge in [-0.1, -0.05) is 0 Å². The Morgan fingerprint density at radius 3 is 2.76 bits per heavy atom. The minimum atomic E-state index is -0.389. The zero-order chi connectivity index (χ0) is 20.0. The monoisotopic (exact) mass is 399 g/mol. The molecule has 1 amide bonds. The van der Waals surface area contributed by atoms with Crippen LogP contribution in [0.3, 0.4) is 0 Å². The van der Waals surface area contributed by atoms with Crippen LogP contribution in [0, 0.1) is 5.92 Å². The van der Waals surface area contributed by atoms with Gasteiger partial charge in [0.05, 0.1) is 12.3 Å². The molecule has 9 heteroatoms. The molecule has 1 spiro atoms. The van der Waals surface area contributed by atoms with E-state index in [0.717, 1.165) is 37.7 Å². The summed E-state index contributed by atoms with van der Waals surface area (Å²) in [5.41, 5.74) is 0.877. The van der Waals surface area contributed by atoms with Gasteiger partial charge in [-0.25, -0.2) is 9.97 Å². The molecule has 0 radical (unpaired) electrons. The molecule has 0 aromatic carbocycles. The number of hydrogen-bond acceptors (Lipinski definition) is 6. The van der Waals surface area contributed by atoms with Crippen LogP contribution in [-0.2, 0) is 30.5 Å². The van der Waals surface area contributed by atoms with Crippen LogP contribution in [0.5, 0.6) is 0 Å². The fourth-order valence-corrected chi connectivity index (χ4v) is 4.65. The van der Waals surface area contributed by atoms with Crippen molar-refractivity contribution < 1.29 is 9.53 Å². The van der Waals surface area contributed by atoms with Gasteiger partial charge in [0.25, 0.3) is 5.91 Å². The minimum Gasteiger partial charge on any atom is -0.365 e. The number of aryl methyl sites for hydroxylation is 1. The fraction of sp³-hybridized carbons (Fsp3) is 0.700. The van der Waals surface area contributed by atoms with Gasteiger partial charge in [0, 0.05) is 58.8 Å². The molecule has 0 N–H and O–H groups in total. The summed E-state index contributed by atoms with van der Waals surface area (Å²) >= 11 is 0. The molecule has 29 heavy (non-hydrogen) atoms. The number of fused-ring (bicyclic) bond motifs is 2. The second-order valence-electron chi connectivity index (χ2n) is 8.74. The first-order chi connectivity index (χ1) is 14.0. The molecule has 2 aliphatic heterocycles. The standard InChI is InChI=1S/C20H29N7O2/c1-24(12-15-3-4-15)13-16-11-21-19-20(29-10-9-27(16)19)5-7-26(8-6-20)18(28)17-22-14-25(2)23-17/h11,14-15H,3-10,12-13H2,1-2H3. The molecule has 0 atom stereocenters. The average molecular weight is 399 g/mol. The first-order valence-electron chi connectivity index (χ1n) is 10.6. The number of carbonyl (C=O) groups is 1. The van der Waals surface area contributed by atoms with E-state index in [0.29, 0.717) is 19.7 Å². The van der Waals surface area contributed by atoms with E-state index in [9.17, 15) is 4.79 Å². The third kappa shape index (κ3) is 3.57. The third-order valence-corrected chi connectivity index (χ3v) is 6.39. The number of hydrogen-bond donors (Lipinski definition) is 0. The quantitative estimate of drug-likeness (QED) is 0.747. The molecule has 1 saturated heterocycles. The summed E-state index contributed by atoms with van der Waals surface area (Å²) in [5.74, 6) is 2.06. The first-order valence-corrected chi connectivity index (χ1v) is 10.6. The maximum Gasteiger partial charge on any atom is 0.293 e. The van der Waals surface area contributed by atoms with Crippen molar-refractivity contribution >= 4 is 5.91 Å². The average Bonchev–Trinajstić information content (AvgIpc) is 3.26. The summed E-state index contributed by atoms with van der Waals surface area (Å²) in [6.45, 7) is 4.89. The van der Waals surface area contributed by atoms with Crippen molar-refractivity contribution in [2.45, 2.75) is 44.4 Å². The van der Waals surface area contributed by atoms with Crippen LogP contribution in [0.1, 0.15) is 47.8 Å². The van der Waals surface area contributed by atoms with Gasteiger partial charge in [-0.3, -0.25) is 9.48 Å². The Balaban J connectivity index is 1.28. The lowest BCUT2D eigenvalue weighted by Crippen LogP contribution is -2.50. The van der Waals surface area contributed by atoms with E-state index < -0.39 is 0 Å². The van der Waals surface area contributed by atoms with Crippen LogP contribution in [0.2, 0.25) is 0 Å². The molecule has 1 aliphatic carbocycles. The van der Waals surface area contributed by atoms with E-state index in [1.807, 2.05) is 11.1 Å². The number of carbonyl (C=O) groups excluding carboxylic acids is 1. The normalized spacial score (nSPS) is 21.0. The van der Waals surface area contributed by atoms with Gasteiger partial charge < -0.3 is 19.1 Å². The number of imidazole rings is 1. The van der Waals surface area contributed by atoms with Crippen LogP contribution < -0.4 is 0 Å². The summed E-state index contributed by atoms with van der Waals surface area (Å²) in [4.78, 5) is 25.8. The summed E-state index contributed by atoms with van der Waals surface area (Å²) in [5, 5.41) is 4.14. The van der Waals surface area contributed by atoms with Crippen molar-refractivity contribution in [2.75, 3.05) is 33.3 Å². The number of aromatic nitrogens is 5. The van der Waals surface area contributed by atoms with Crippen molar-refractivity contribution in [1.82, 2.24) is 34.1 Å². The number of piperidine rings is 1. The summed E-state index contributed by atoms with van der Waals surface area (Å²) < 4.78 is 10.2. The van der Waals surface area contributed by atoms with Gasteiger partial charge in [-0.05, 0) is 25.8 Å². The molecular formula is C20H29N7O2. The van der Waals surface area contributed by atoms with E-state index in [-0.39, 0.29) is 17.3 Å². The second kappa shape index (κ2) is 7.21. The molecule has 156 valence electrons. The van der Waals surface area contributed by atoms with Gasteiger partial charge in [-0.15, -0.1) is 5.10 Å². The topological polar surface area (TPSA) is 81.3 Å². The highest BCUT2D eigenvalue weighted by molar-refractivity contribution is 5.90. The van der Waals surface area contributed by atoms with Gasteiger partial charge in [0.15, 0.2) is 0 Å². The molecule has 2 aromatic heterocycles. The predicted molar refractivity (Wildman–Crippen MR) is 105 cm³/mol. The summed E-state index contributed by atoms with van der Waals surface area (Å²) in [7, 11) is 3.97. The van der Waals surface area contributed by atoms with Crippen LogP contribution >= 0.6 is 0 Å².